The number of hydrogen-bond acceptors (Lipinski definition) is 4. The van der Waals surface area contributed by atoms with Crippen LogP contribution in [-0.2, 0) is 0 Å². The number of nitrogens with zero attached hydrogens (tertiary/aromatic N) is 1. The van der Waals surface area contributed by atoms with Gasteiger partial charge in [-0.05, 0) is 30.3 Å². The smallest absolute Gasteiger partial charge is 0.263 e. The Kier molecular flexibility index (Phi) is 3.78. The zero-order chi connectivity index (χ0) is 14.7. The number of anilines is 1. The van der Waals surface area contributed by atoms with E-state index in [1.807, 2.05) is 6.07 Å². The number of benzene rings is 2. The van der Waals surface area contributed by atoms with Crippen LogP contribution in [-0.4, -0.2) is 16.1 Å². The summed E-state index contributed by atoms with van der Waals surface area (Å²) in [6.45, 7) is 0. The van der Waals surface area contributed by atoms with Crippen molar-refractivity contribution in [3.63, 3.8) is 0 Å². The highest BCUT2D eigenvalue weighted by Crippen LogP contribution is 2.28. The number of rotatable bonds is 2. The SMILES string of the molecule is N#Cc1ccc(Cl)cc1NC(=O)c1c(O)cccc1O. The molecule has 0 aliphatic carbocycles. The van der Waals surface area contributed by atoms with E-state index in [4.69, 9.17) is 16.9 Å². The van der Waals surface area contributed by atoms with E-state index in [0.29, 0.717) is 5.02 Å². The van der Waals surface area contributed by atoms with E-state index in [1.54, 1.807) is 0 Å². The molecular weight excluding hydrogens is 280 g/mol. The summed E-state index contributed by atoms with van der Waals surface area (Å²) >= 11 is 5.81. The lowest BCUT2D eigenvalue weighted by atomic mass is 10.1. The van der Waals surface area contributed by atoms with Crippen molar-refractivity contribution < 1.29 is 15.0 Å². The molecule has 0 unspecified atom stereocenters. The van der Waals surface area contributed by atoms with Gasteiger partial charge in [-0.2, -0.15) is 5.26 Å². The van der Waals surface area contributed by atoms with Crippen molar-refractivity contribution in [3.05, 3.63) is 52.5 Å². The Hall–Kier alpha value is -2.71. The fourth-order valence-electron chi connectivity index (χ4n) is 1.66. The monoisotopic (exact) mass is 288 g/mol. The molecule has 0 fully saturated rings. The van der Waals surface area contributed by atoms with Crippen molar-refractivity contribution in [2.75, 3.05) is 5.32 Å². The van der Waals surface area contributed by atoms with Crippen molar-refractivity contribution in [2.24, 2.45) is 0 Å². The van der Waals surface area contributed by atoms with E-state index < -0.39 is 5.91 Å². The average molecular weight is 289 g/mol. The number of carbonyl (C=O) groups excluding carboxylic acids is 1. The minimum absolute atomic E-state index is 0.202. The second-order valence-electron chi connectivity index (χ2n) is 3.93. The molecule has 2 rings (SSSR count). The van der Waals surface area contributed by atoms with E-state index in [2.05, 4.69) is 5.32 Å². The van der Waals surface area contributed by atoms with Crippen molar-refractivity contribution in [1.29, 1.82) is 5.26 Å². The molecule has 0 spiro atoms. The van der Waals surface area contributed by atoms with Gasteiger partial charge in [-0.3, -0.25) is 4.79 Å². The first-order valence-electron chi connectivity index (χ1n) is 5.55. The number of aromatic hydroxyl groups is 2. The minimum atomic E-state index is -0.737. The van der Waals surface area contributed by atoms with E-state index in [0.717, 1.165) is 0 Å². The van der Waals surface area contributed by atoms with Crippen LogP contribution < -0.4 is 5.32 Å². The lowest BCUT2D eigenvalue weighted by molar-refractivity contribution is 0.102. The number of carbonyl (C=O) groups is 1. The standard InChI is InChI=1S/C14H9ClN2O3/c15-9-5-4-8(7-16)10(6-9)17-14(20)13-11(18)2-1-3-12(13)19/h1-6,18-19H,(H,17,20). The zero-order valence-electron chi connectivity index (χ0n) is 10.1. The molecule has 0 aliphatic rings. The molecule has 0 atom stereocenters. The fourth-order valence-corrected chi connectivity index (χ4v) is 1.84. The van der Waals surface area contributed by atoms with Crippen molar-refractivity contribution in [3.8, 4) is 17.6 Å². The van der Waals surface area contributed by atoms with E-state index in [9.17, 15) is 15.0 Å². The summed E-state index contributed by atoms with van der Waals surface area (Å²) in [5.74, 6) is -1.45. The fraction of sp³-hybridized carbons (Fsp3) is 0. The van der Waals surface area contributed by atoms with Crippen LogP contribution in [0.25, 0.3) is 0 Å². The number of nitriles is 1. The molecule has 2 aromatic carbocycles. The Bertz CT molecular complexity index is 703. The lowest BCUT2D eigenvalue weighted by Crippen LogP contribution is -2.13. The summed E-state index contributed by atoms with van der Waals surface area (Å²) in [5, 5.41) is 31.0. The first-order chi connectivity index (χ1) is 9.52. The third kappa shape index (κ3) is 2.66. The summed E-state index contributed by atoms with van der Waals surface area (Å²) in [6, 6.07) is 10.3. The number of nitrogens with one attached hydrogen (secondary N) is 1. The Balaban J connectivity index is 2.38. The maximum Gasteiger partial charge on any atom is 0.263 e. The number of hydrogen-bond donors (Lipinski definition) is 3. The number of phenolic OH excluding ortho intramolecular Hbond substituents is 2. The van der Waals surface area contributed by atoms with Crippen LogP contribution in [0.2, 0.25) is 5.02 Å². The summed E-state index contributed by atoms with van der Waals surface area (Å²) in [5.41, 5.74) is 0.154. The van der Waals surface area contributed by atoms with Gasteiger partial charge in [0.25, 0.3) is 5.91 Å². The minimum Gasteiger partial charge on any atom is -0.507 e. The maximum absolute atomic E-state index is 12.1. The van der Waals surface area contributed by atoms with Gasteiger partial charge in [-0.1, -0.05) is 17.7 Å². The summed E-state index contributed by atoms with van der Waals surface area (Å²) in [7, 11) is 0. The van der Waals surface area contributed by atoms with Crippen LogP contribution in [0.1, 0.15) is 15.9 Å². The Morgan fingerprint density at radius 3 is 2.45 bits per heavy atom. The predicted octanol–water partition coefficient (Wildman–Crippen LogP) is 2.88. The molecule has 0 saturated carbocycles. The molecule has 0 bridgehead atoms. The Morgan fingerprint density at radius 1 is 1.20 bits per heavy atom. The molecule has 3 N–H and O–H groups in total. The van der Waals surface area contributed by atoms with Gasteiger partial charge in [-0.15, -0.1) is 0 Å². The maximum atomic E-state index is 12.1. The van der Waals surface area contributed by atoms with Gasteiger partial charge in [0.05, 0.1) is 11.3 Å². The van der Waals surface area contributed by atoms with Gasteiger partial charge in [0.2, 0.25) is 0 Å². The second kappa shape index (κ2) is 5.51. The third-order valence-electron chi connectivity index (χ3n) is 2.60. The molecule has 1 amide bonds. The van der Waals surface area contributed by atoms with Gasteiger partial charge in [0.1, 0.15) is 23.1 Å². The summed E-state index contributed by atoms with van der Waals surface area (Å²) < 4.78 is 0. The lowest BCUT2D eigenvalue weighted by Gasteiger charge is -2.09. The topological polar surface area (TPSA) is 93.4 Å². The average Bonchev–Trinajstić information content (AvgIpc) is 2.38. The molecule has 0 radical (unpaired) electrons. The van der Waals surface area contributed by atoms with Crippen LogP contribution in [0.4, 0.5) is 5.69 Å². The third-order valence-corrected chi connectivity index (χ3v) is 2.83. The van der Waals surface area contributed by atoms with Crippen molar-refractivity contribution in [1.82, 2.24) is 0 Å². The molecule has 0 heterocycles. The van der Waals surface area contributed by atoms with Gasteiger partial charge >= 0.3 is 0 Å². The van der Waals surface area contributed by atoms with Crippen LogP contribution in [0, 0.1) is 11.3 Å². The molecule has 0 aromatic heterocycles. The van der Waals surface area contributed by atoms with Crippen LogP contribution in [0.5, 0.6) is 11.5 Å². The molecule has 2 aromatic rings. The van der Waals surface area contributed by atoms with Gasteiger partial charge < -0.3 is 15.5 Å². The highest BCUT2D eigenvalue weighted by molar-refractivity contribution is 6.31. The largest absolute Gasteiger partial charge is 0.507 e. The molecule has 20 heavy (non-hydrogen) atoms. The van der Waals surface area contributed by atoms with Gasteiger partial charge in [0.15, 0.2) is 0 Å². The first-order valence-corrected chi connectivity index (χ1v) is 5.92. The predicted molar refractivity (Wildman–Crippen MR) is 73.9 cm³/mol. The van der Waals surface area contributed by atoms with Gasteiger partial charge in [0, 0.05) is 5.02 Å². The highest BCUT2D eigenvalue weighted by Gasteiger charge is 2.17. The van der Waals surface area contributed by atoms with Crippen molar-refractivity contribution >= 4 is 23.2 Å². The highest BCUT2D eigenvalue weighted by atomic mass is 35.5. The normalized spacial score (nSPS) is 9.80. The summed E-state index contributed by atoms with van der Waals surface area (Å²) in [6.07, 6.45) is 0. The first kappa shape index (κ1) is 13.7. The van der Waals surface area contributed by atoms with Crippen LogP contribution in [0.3, 0.4) is 0 Å². The Morgan fingerprint density at radius 2 is 1.85 bits per heavy atom. The molecular formula is C14H9ClN2O3. The van der Waals surface area contributed by atoms with Crippen LogP contribution >= 0.6 is 11.6 Å². The molecule has 0 saturated heterocycles. The zero-order valence-corrected chi connectivity index (χ0v) is 10.8. The number of amides is 1. The molecule has 100 valence electrons. The quantitative estimate of drug-likeness (QED) is 0.792. The van der Waals surface area contributed by atoms with E-state index in [1.165, 1.54) is 36.4 Å². The second-order valence-corrected chi connectivity index (χ2v) is 4.36. The number of halogens is 1. The van der Waals surface area contributed by atoms with Crippen molar-refractivity contribution in [2.45, 2.75) is 0 Å². The summed E-state index contributed by atoms with van der Waals surface area (Å²) in [4.78, 5) is 12.1. The number of phenols is 2. The van der Waals surface area contributed by atoms with Gasteiger partial charge in [-0.25, -0.2) is 0 Å². The molecule has 0 aliphatic heterocycles. The van der Waals surface area contributed by atoms with Crippen LogP contribution in [0.15, 0.2) is 36.4 Å². The van der Waals surface area contributed by atoms with E-state index in [-0.39, 0.29) is 28.3 Å². The molecule has 6 heteroatoms. The Labute approximate surface area is 119 Å². The van der Waals surface area contributed by atoms with E-state index >= 15 is 0 Å². The molecule has 5 nitrogen and oxygen atoms in total.